The zero-order chi connectivity index (χ0) is 12.9. The van der Waals surface area contributed by atoms with Gasteiger partial charge in [-0.05, 0) is 26.2 Å². The van der Waals surface area contributed by atoms with Crippen molar-refractivity contribution >= 4 is 0 Å². The third-order valence-electron chi connectivity index (χ3n) is 4.47. The smallest absolute Gasteiger partial charge is 0.0304 e. The van der Waals surface area contributed by atoms with E-state index in [0.29, 0.717) is 17.6 Å². The maximum Gasteiger partial charge on any atom is 0.0304 e. The molecule has 17 heavy (non-hydrogen) atoms. The Morgan fingerprint density at radius 3 is 2.53 bits per heavy atom. The molecule has 1 fully saturated rings. The molecule has 0 aliphatic carbocycles. The lowest BCUT2D eigenvalue weighted by molar-refractivity contribution is 0.0421. The standard InChI is InChI=1S/C15H28N2/c1-6-10-13(5)17-12-15(8-3,9-4)16-11-14(17)7-2/h1,13-14,16H,7-12H2,2-5H3. The second-order valence-corrected chi connectivity index (χ2v) is 5.36. The van der Waals surface area contributed by atoms with Crippen LogP contribution in [-0.4, -0.2) is 35.6 Å². The van der Waals surface area contributed by atoms with E-state index in [2.05, 4.69) is 43.8 Å². The fourth-order valence-corrected chi connectivity index (χ4v) is 2.89. The summed E-state index contributed by atoms with van der Waals surface area (Å²) in [6.07, 6.45) is 9.91. The summed E-state index contributed by atoms with van der Waals surface area (Å²) >= 11 is 0. The summed E-state index contributed by atoms with van der Waals surface area (Å²) in [4.78, 5) is 2.63. The van der Waals surface area contributed by atoms with Crippen LogP contribution in [0.25, 0.3) is 0 Å². The molecule has 1 N–H and O–H groups in total. The van der Waals surface area contributed by atoms with Gasteiger partial charge in [0.1, 0.15) is 0 Å². The number of rotatable bonds is 5. The minimum atomic E-state index is 0.300. The van der Waals surface area contributed by atoms with Crippen LogP contribution in [0, 0.1) is 12.3 Å². The van der Waals surface area contributed by atoms with Gasteiger partial charge in [-0.3, -0.25) is 4.90 Å². The average molecular weight is 236 g/mol. The monoisotopic (exact) mass is 236 g/mol. The highest BCUT2D eigenvalue weighted by atomic mass is 15.3. The van der Waals surface area contributed by atoms with Crippen LogP contribution in [0.5, 0.6) is 0 Å². The highest BCUT2D eigenvalue weighted by molar-refractivity contribution is 5.00. The Balaban J connectivity index is 2.78. The number of nitrogens with one attached hydrogen (secondary N) is 1. The quantitative estimate of drug-likeness (QED) is 0.738. The summed E-state index contributed by atoms with van der Waals surface area (Å²) in [6.45, 7) is 11.4. The van der Waals surface area contributed by atoms with Crippen LogP contribution in [0.3, 0.4) is 0 Å². The van der Waals surface area contributed by atoms with Gasteiger partial charge in [-0.15, -0.1) is 12.3 Å². The first-order chi connectivity index (χ1) is 8.12. The van der Waals surface area contributed by atoms with E-state index in [-0.39, 0.29) is 0 Å². The van der Waals surface area contributed by atoms with Gasteiger partial charge >= 0.3 is 0 Å². The number of nitrogens with zero attached hydrogens (tertiary/aromatic N) is 1. The largest absolute Gasteiger partial charge is 0.308 e. The molecule has 0 bridgehead atoms. The van der Waals surface area contributed by atoms with Gasteiger partial charge in [0, 0.05) is 37.1 Å². The summed E-state index contributed by atoms with van der Waals surface area (Å²) in [5.41, 5.74) is 0.300. The van der Waals surface area contributed by atoms with Crippen molar-refractivity contribution in [3.05, 3.63) is 0 Å². The normalized spacial score (nSPS) is 26.4. The van der Waals surface area contributed by atoms with E-state index in [1.807, 2.05) is 0 Å². The van der Waals surface area contributed by atoms with Gasteiger partial charge in [0.05, 0.1) is 0 Å². The van der Waals surface area contributed by atoms with Crippen LogP contribution in [0.4, 0.5) is 0 Å². The summed E-state index contributed by atoms with van der Waals surface area (Å²) in [5.74, 6) is 2.81. The first kappa shape index (κ1) is 14.5. The minimum absolute atomic E-state index is 0.300. The maximum atomic E-state index is 5.46. The first-order valence-corrected chi connectivity index (χ1v) is 7.06. The third kappa shape index (κ3) is 3.24. The van der Waals surface area contributed by atoms with Crippen molar-refractivity contribution in [2.75, 3.05) is 13.1 Å². The van der Waals surface area contributed by atoms with Gasteiger partial charge < -0.3 is 5.32 Å². The van der Waals surface area contributed by atoms with E-state index >= 15 is 0 Å². The molecule has 2 unspecified atom stereocenters. The molecule has 1 rings (SSSR count). The molecular weight excluding hydrogens is 208 g/mol. The molecule has 0 aromatic rings. The molecular formula is C15H28N2. The van der Waals surface area contributed by atoms with E-state index in [1.165, 1.54) is 19.3 Å². The Bertz CT molecular complexity index is 263. The minimum Gasteiger partial charge on any atom is -0.308 e. The van der Waals surface area contributed by atoms with E-state index in [4.69, 9.17) is 6.42 Å². The molecule has 0 radical (unpaired) electrons. The topological polar surface area (TPSA) is 15.3 Å². The average Bonchev–Trinajstić information content (AvgIpc) is 2.38. The second-order valence-electron chi connectivity index (χ2n) is 5.36. The molecule has 1 saturated heterocycles. The predicted octanol–water partition coefficient (Wildman–Crippen LogP) is 2.64. The summed E-state index contributed by atoms with van der Waals surface area (Å²) < 4.78 is 0. The van der Waals surface area contributed by atoms with Crippen molar-refractivity contribution < 1.29 is 0 Å². The van der Waals surface area contributed by atoms with E-state index < -0.39 is 0 Å². The Labute approximate surface area is 107 Å². The van der Waals surface area contributed by atoms with Gasteiger partial charge in [0.15, 0.2) is 0 Å². The maximum absolute atomic E-state index is 5.46. The number of piperazine rings is 1. The van der Waals surface area contributed by atoms with E-state index in [1.54, 1.807) is 0 Å². The number of hydrogen-bond acceptors (Lipinski definition) is 2. The molecule has 0 amide bonds. The van der Waals surface area contributed by atoms with Gasteiger partial charge in [0.25, 0.3) is 0 Å². The van der Waals surface area contributed by atoms with Crippen molar-refractivity contribution in [3.63, 3.8) is 0 Å². The fourth-order valence-electron chi connectivity index (χ4n) is 2.89. The zero-order valence-electron chi connectivity index (χ0n) is 11.9. The molecule has 98 valence electrons. The number of hydrogen-bond donors (Lipinski definition) is 1. The van der Waals surface area contributed by atoms with Gasteiger partial charge in [0.2, 0.25) is 0 Å². The Morgan fingerprint density at radius 2 is 2.06 bits per heavy atom. The van der Waals surface area contributed by atoms with Crippen LogP contribution in [0.1, 0.15) is 53.4 Å². The molecule has 0 aromatic carbocycles. The highest BCUT2D eigenvalue weighted by Gasteiger charge is 2.37. The molecule has 1 heterocycles. The molecule has 1 aliphatic rings. The van der Waals surface area contributed by atoms with Gasteiger partial charge in [-0.1, -0.05) is 20.8 Å². The lowest BCUT2D eigenvalue weighted by Gasteiger charge is -2.49. The predicted molar refractivity (Wildman–Crippen MR) is 75.0 cm³/mol. The molecule has 2 atom stereocenters. The first-order valence-electron chi connectivity index (χ1n) is 7.06. The lowest BCUT2D eigenvalue weighted by atomic mass is 9.87. The van der Waals surface area contributed by atoms with Crippen LogP contribution < -0.4 is 5.32 Å². The summed E-state index contributed by atoms with van der Waals surface area (Å²) in [7, 11) is 0. The Hall–Kier alpha value is -0.520. The van der Waals surface area contributed by atoms with E-state index in [9.17, 15) is 0 Å². The van der Waals surface area contributed by atoms with Crippen molar-refractivity contribution in [1.82, 2.24) is 10.2 Å². The van der Waals surface area contributed by atoms with Crippen molar-refractivity contribution in [3.8, 4) is 12.3 Å². The molecule has 0 spiro atoms. The Morgan fingerprint density at radius 1 is 1.41 bits per heavy atom. The lowest BCUT2D eigenvalue weighted by Crippen LogP contribution is -2.65. The van der Waals surface area contributed by atoms with Crippen LogP contribution in [0.15, 0.2) is 0 Å². The molecule has 0 saturated carbocycles. The number of terminal acetylenes is 1. The van der Waals surface area contributed by atoms with E-state index in [0.717, 1.165) is 19.5 Å². The van der Waals surface area contributed by atoms with Crippen LogP contribution in [-0.2, 0) is 0 Å². The van der Waals surface area contributed by atoms with Crippen molar-refractivity contribution in [2.24, 2.45) is 0 Å². The molecule has 1 aliphatic heterocycles. The molecule has 0 aromatic heterocycles. The fraction of sp³-hybridized carbons (Fsp3) is 0.867. The van der Waals surface area contributed by atoms with Gasteiger partial charge in [-0.2, -0.15) is 0 Å². The van der Waals surface area contributed by atoms with Crippen molar-refractivity contribution in [1.29, 1.82) is 0 Å². The highest BCUT2D eigenvalue weighted by Crippen LogP contribution is 2.26. The summed E-state index contributed by atoms with van der Waals surface area (Å²) in [6, 6.07) is 1.15. The second kappa shape index (κ2) is 6.42. The summed E-state index contributed by atoms with van der Waals surface area (Å²) in [5, 5.41) is 3.77. The van der Waals surface area contributed by atoms with Crippen LogP contribution >= 0.6 is 0 Å². The van der Waals surface area contributed by atoms with Crippen LogP contribution in [0.2, 0.25) is 0 Å². The molecule has 2 nitrogen and oxygen atoms in total. The molecule has 2 heteroatoms. The van der Waals surface area contributed by atoms with Gasteiger partial charge in [-0.25, -0.2) is 0 Å². The third-order valence-corrected chi connectivity index (χ3v) is 4.47. The zero-order valence-corrected chi connectivity index (χ0v) is 11.9. The van der Waals surface area contributed by atoms with Crippen molar-refractivity contribution in [2.45, 2.75) is 71.0 Å². The Kier molecular flexibility index (Phi) is 5.49. The SMILES string of the molecule is C#CCC(C)N1CC(CC)(CC)NCC1CC.